The van der Waals surface area contributed by atoms with Crippen molar-refractivity contribution in [1.29, 1.82) is 0 Å². The van der Waals surface area contributed by atoms with Gasteiger partial charge in [-0.15, -0.1) is 11.3 Å². The van der Waals surface area contributed by atoms with Crippen molar-refractivity contribution in [3.8, 4) is 0 Å². The van der Waals surface area contributed by atoms with Gasteiger partial charge in [-0.2, -0.15) is 0 Å². The predicted molar refractivity (Wildman–Crippen MR) is 97.8 cm³/mol. The molecule has 2 aromatic heterocycles. The Morgan fingerprint density at radius 2 is 2.08 bits per heavy atom. The van der Waals surface area contributed by atoms with E-state index in [0.717, 1.165) is 19.5 Å². The van der Waals surface area contributed by atoms with Gasteiger partial charge in [0.25, 0.3) is 0 Å². The zero-order valence-electron chi connectivity index (χ0n) is 14.1. The third-order valence-corrected chi connectivity index (χ3v) is 5.47. The molecule has 0 aliphatic carbocycles. The van der Waals surface area contributed by atoms with Crippen molar-refractivity contribution in [1.82, 2.24) is 9.88 Å². The van der Waals surface area contributed by atoms with Crippen LogP contribution >= 0.6 is 11.3 Å². The molecule has 1 unspecified atom stereocenters. The van der Waals surface area contributed by atoms with E-state index in [4.69, 9.17) is 10.2 Å². The quantitative estimate of drug-likeness (QED) is 0.633. The van der Waals surface area contributed by atoms with Crippen molar-refractivity contribution in [2.24, 2.45) is 0 Å². The fourth-order valence-electron chi connectivity index (χ4n) is 3.13. The summed E-state index contributed by atoms with van der Waals surface area (Å²) in [7, 11) is 2.21. The number of aliphatic hydroxyl groups excluding tert-OH is 1. The minimum absolute atomic E-state index is 1.07. The molecule has 3 heterocycles. The maximum atomic E-state index is 9.45. The van der Waals surface area contributed by atoms with Gasteiger partial charge in [0.1, 0.15) is 6.10 Å². The molecule has 0 fully saturated rings. The lowest BCUT2D eigenvalue weighted by molar-refractivity contribution is -0.145. The molecule has 0 spiro atoms. The van der Waals surface area contributed by atoms with Gasteiger partial charge >= 0.3 is 5.97 Å². The second-order valence-electron chi connectivity index (χ2n) is 6.36. The monoisotopic (exact) mass is 346 g/mol. The fourth-order valence-corrected chi connectivity index (χ4v) is 4.08. The molecule has 1 aliphatic rings. The Balaban J connectivity index is 0.000000246. The summed E-state index contributed by atoms with van der Waals surface area (Å²) < 4.78 is 1.41. The van der Waals surface area contributed by atoms with Gasteiger partial charge in [-0.3, -0.25) is 0 Å². The van der Waals surface area contributed by atoms with Crippen LogP contribution in [-0.2, 0) is 17.8 Å². The number of fused-ring (bicyclic) bond motifs is 5. The number of nitrogens with zero attached hydrogens (tertiary/aromatic N) is 1. The lowest BCUT2D eigenvalue weighted by Crippen LogP contribution is -2.26. The molecule has 0 amide bonds. The van der Waals surface area contributed by atoms with Crippen molar-refractivity contribution >= 4 is 38.3 Å². The van der Waals surface area contributed by atoms with E-state index in [9.17, 15) is 4.79 Å². The second-order valence-corrected chi connectivity index (χ2v) is 7.28. The number of aliphatic hydroxyl groups is 1. The van der Waals surface area contributed by atoms with Gasteiger partial charge in [0.05, 0.1) is 0 Å². The number of aliphatic carboxylic acids is 1. The highest BCUT2D eigenvalue weighted by Crippen LogP contribution is 2.37. The Morgan fingerprint density at radius 3 is 2.75 bits per heavy atom. The van der Waals surface area contributed by atoms with Crippen LogP contribution in [0.25, 0.3) is 21.0 Å². The third-order valence-electron chi connectivity index (χ3n) is 4.40. The number of benzene rings is 1. The Bertz CT molecular complexity index is 895. The van der Waals surface area contributed by atoms with Crippen LogP contribution in [0, 0.1) is 6.92 Å². The first-order chi connectivity index (χ1) is 11.4. The van der Waals surface area contributed by atoms with E-state index in [0.29, 0.717) is 0 Å². The first-order valence-electron chi connectivity index (χ1n) is 7.98. The number of aromatic amines is 1. The maximum Gasteiger partial charge on any atom is 0.332 e. The number of hydrogen-bond acceptors (Lipinski definition) is 4. The van der Waals surface area contributed by atoms with E-state index in [1.807, 2.05) is 11.3 Å². The number of aryl methyl sites for hydroxylation is 1. The van der Waals surface area contributed by atoms with Gasteiger partial charge < -0.3 is 20.1 Å². The SMILES string of the molecule is CC(O)C(=O)O.Cc1csc2ccc3[nH]c4c(c3c12)CN(C)CC4. The summed E-state index contributed by atoms with van der Waals surface area (Å²) in [5.41, 5.74) is 5.69. The van der Waals surface area contributed by atoms with E-state index < -0.39 is 12.1 Å². The Kier molecular flexibility index (Phi) is 4.62. The number of carbonyl (C=O) groups is 1. The van der Waals surface area contributed by atoms with Crippen LogP contribution in [0.5, 0.6) is 0 Å². The largest absolute Gasteiger partial charge is 0.479 e. The smallest absolute Gasteiger partial charge is 0.332 e. The van der Waals surface area contributed by atoms with Crippen molar-refractivity contribution in [2.75, 3.05) is 13.6 Å². The van der Waals surface area contributed by atoms with Crippen molar-refractivity contribution in [3.05, 3.63) is 34.3 Å². The normalized spacial score (nSPS) is 15.8. The van der Waals surface area contributed by atoms with E-state index in [-0.39, 0.29) is 0 Å². The maximum absolute atomic E-state index is 9.45. The summed E-state index contributed by atoms with van der Waals surface area (Å²) >= 11 is 1.86. The summed E-state index contributed by atoms with van der Waals surface area (Å²) in [6.45, 7) is 5.65. The van der Waals surface area contributed by atoms with Crippen LogP contribution in [0.15, 0.2) is 17.5 Å². The van der Waals surface area contributed by atoms with Crippen LogP contribution in [0.2, 0.25) is 0 Å². The number of carboxylic acids is 1. The molecule has 5 nitrogen and oxygen atoms in total. The topological polar surface area (TPSA) is 76.6 Å². The summed E-state index contributed by atoms with van der Waals surface area (Å²) in [5, 5.41) is 21.0. The summed E-state index contributed by atoms with van der Waals surface area (Å²) in [5.74, 6) is -1.19. The zero-order chi connectivity index (χ0) is 17.4. The molecule has 3 N–H and O–H groups in total. The number of rotatable bonds is 1. The zero-order valence-corrected chi connectivity index (χ0v) is 14.9. The van der Waals surface area contributed by atoms with Gasteiger partial charge in [-0.1, -0.05) is 0 Å². The number of aromatic nitrogens is 1. The molecule has 1 aliphatic heterocycles. The number of carboxylic acid groups (broad SMARTS) is 1. The molecular weight excluding hydrogens is 324 g/mol. The average Bonchev–Trinajstić information content (AvgIpc) is 3.08. The predicted octanol–water partition coefficient (Wildman–Crippen LogP) is 3.13. The first kappa shape index (κ1) is 17.0. The minimum Gasteiger partial charge on any atom is -0.479 e. The lowest BCUT2D eigenvalue weighted by atomic mass is 10.0. The Labute approximate surface area is 144 Å². The van der Waals surface area contributed by atoms with Gasteiger partial charge in [0.2, 0.25) is 0 Å². The van der Waals surface area contributed by atoms with Gasteiger partial charge in [-0.05, 0) is 49.5 Å². The summed E-state index contributed by atoms with van der Waals surface area (Å²) in [6.07, 6.45) is -0.0874. The molecule has 4 rings (SSSR count). The van der Waals surface area contributed by atoms with E-state index in [2.05, 4.69) is 41.4 Å². The molecule has 1 atom stereocenters. The molecule has 128 valence electrons. The van der Waals surface area contributed by atoms with Crippen LogP contribution < -0.4 is 0 Å². The highest BCUT2D eigenvalue weighted by molar-refractivity contribution is 7.17. The molecule has 0 radical (unpaired) electrons. The third kappa shape index (κ3) is 3.05. The second kappa shape index (κ2) is 6.55. The van der Waals surface area contributed by atoms with Crippen LogP contribution in [0.1, 0.15) is 23.7 Å². The van der Waals surface area contributed by atoms with Gasteiger partial charge in [-0.25, -0.2) is 4.79 Å². The molecule has 0 saturated heterocycles. The Hall–Kier alpha value is -1.89. The highest BCUT2D eigenvalue weighted by Gasteiger charge is 2.20. The number of H-pyrrole nitrogens is 1. The van der Waals surface area contributed by atoms with Crippen molar-refractivity contribution in [3.63, 3.8) is 0 Å². The lowest BCUT2D eigenvalue weighted by Gasteiger charge is -2.22. The van der Waals surface area contributed by atoms with E-state index in [1.54, 1.807) is 0 Å². The summed E-state index contributed by atoms with van der Waals surface area (Å²) in [4.78, 5) is 15.5. The van der Waals surface area contributed by atoms with E-state index >= 15 is 0 Å². The first-order valence-corrected chi connectivity index (χ1v) is 8.86. The molecular formula is C18H22N2O3S. The molecule has 3 aromatic rings. The van der Waals surface area contributed by atoms with Crippen molar-refractivity contribution in [2.45, 2.75) is 32.9 Å². The highest BCUT2D eigenvalue weighted by atomic mass is 32.1. The summed E-state index contributed by atoms with van der Waals surface area (Å²) in [6, 6.07) is 4.49. The van der Waals surface area contributed by atoms with E-state index in [1.165, 1.54) is 44.7 Å². The van der Waals surface area contributed by atoms with Crippen LogP contribution in [0.3, 0.4) is 0 Å². The number of likely N-dealkylation sites (N-methyl/N-ethyl adjacent to an activating group) is 1. The fraction of sp³-hybridized carbons (Fsp3) is 0.389. The molecule has 0 saturated carbocycles. The molecule has 6 heteroatoms. The van der Waals surface area contributed by atoms with Gasteiger partial charge in [0.15, 0.2) is 0 Å². The average molecular weight is 346 g/mol. The Morgan fingerprint density at radius 1 is 1.38 bits per heavy atom. The van der Waals surface area contributed by atoms with Gasteiger partial charge in [0, 0.05) is 46.2 Å². The minimum atomic E-state index is -1.23. The molecule has 0 bridgehead atoms. The number of hydrogen-bond donors (Lipinski definition) is 3. The molecule has 1 aromatic carbocycles. The number of thiophene rings is 1. The molecule has 24 heavy (non-hydrogen) atoms. The van der Waals surface area contributed by atoms with Crippen LogP contribution in [-0.4, -0.2) is 45.8 Å². The van der Waals surface area contributed by atoms with Crippen molar-refractivity contribution < 1.29 is 15.0 Å². The van der Waals surface area contributed by atoms with Crippen LogP contribution in [0.4, 0.5) is 0 Å². The number of nitrogens with one attached hydrogen (secondary N) is 1. The standard InChI is InChI=1S/C15H16N2S.C3H6O3/c1-9-8-18-13-4-3-12-15(14(9)13)10-7-17(2)6-5-11(10)16-12;1-2(4)3(5)6/h3-4,8,16H,5-7H2,1-2H3;2,4H,1H3,(H,5,6).